The zero-order valence-electron chi connectivity index (χ0n) is 24.3. The summed E-state index contributed by atoms with van der Waals surface area (Å²) in [5.41, 5.74) is 0.736. The number of rotatable bonds is 5. The molecule has 0 amide bonds. The lowest BCUT2D eigenvalue weighted by Crippen LogP contribution is -2.42. The SMILES string of the molecule is CCN1CCCc2cc3c(cc21)Oc1cc2c(cc1=C3C(F)(F)F)C(CS(=O)(=O)N1CCC(C(=O)O)CC1)=CC(C)(C)N=2. The lowest BCUT2D eigenvalue weighted by atomic mass is 9.89. The fourth-order valence-electron chi connectivity index (χ4n) is 6.70. The summed E-state index contributed by atoms with van der Waals surface area (Å²) in [4.78, 5) is 18.2. The number of ether oxygens (including phenoxy) is 1. The molecular weight excluding hydrogens is 583 g/mol. The lowest BCUT2D eigenvalue weighted by Gasteiger charge is -2.33. The van der Waals surface area contributed by atoms with E-state index >= 15 is 0 Å². The number of fused-ring (bicyclic) bond motifs is 4. The van der Waals surface area contributed by atoms with Crippen molar-refractivity contribution in [2.24, 2.45) is 10.9 Å². The first-order valence-corrected chi connectivity index (χ1v) is 16.2. The summed E-state index contributed by atoms with van der Waals surface area (Å²) >= 11 is 0. The molecule has 0 bridgehead atoms. The normalized spacial score (nSPS) is 20.2. The molecule has 2 aromatic carbocycles. The molecule has 1 fully saturated rings. The molecule has 0 spiro atoms. The molecule has 230 valence electrons. The Hall–Kier alpha value is -3.38. The molecule has 0 aliphatic carbocycles. The number of anilines is 1. The Kier molecular flexibility index (Phi) is 7.15. The van der Waals surface area contributed by atoms with E-state index in [9.17, 15) is 31.5 Å². The molecule has 4 aliphatic heterocycles. The second-order valence-electron chi connectivity index (χ2n) is 12.2. The van der Waals surface area contributed by atoms with Gasteiger partial charge in [0.2, 0.25) is 10.0 Å². The third-order valence-electron chi connectivity index (χ3n) is 8.73. The third kappa shape index (κ3) is 5.43. The van der Waals surface area contributed by atoms with Crippen molar-refractivity contribution in [1.29, 1.82) is 0 Å². The number of carboxylic acid groups (broad SMARTS) is 1. The molecule has 1 N–H and O–H groups in total. The number of carbonyl (C=O) groups is 1. The van der Waals surface area contributed by atoms with Gasteiger partial charge >= 0.3 is 12.1 Å². The van der Waals surface area contributed by atoms with Crippen LogP contribution >= 0.6 is 0 Å². The molecule has 0 saturated carbocycles. The van der Waals surface area contributed by atoms with Crippen molar-refractivity contribution in [1.82, 2.24) is 4.31 Å². The van der Waals surface area contributed by atoms with Gasteiger partial charge in [0.25, 0.3) is 0 Å². The molecule has 0 radical (unpaired) electrons. The maximum absolute atomic E-state index is 14.8. The van der Waals surface area contributed by atoms with Gasteiger partial charge in [-0.25, -0.2) is 12.7 Å². The number of hydrogen-bond donors (Lipinski definition) is 1. The zero-order valence-corrected chi connectivity index (χ0v) is 25.1. The summed E-state index contributed by atoms with van der Waals surface area (Å²) in [6.07, 6.45) is -1.09. The minimum atomic E-state index is -4.70. The van der Waals surface area contributed by atoms with E-state index in [1.807, 2.05) is 6.92 Å². The van der Waals surface area contributed by atoms with E-state index in [2.05, 4.69) is 4.90 Å². The molecule has 0 atom stereocenters. The zero-order chi connectivity index (χ0) is 30.9. The number of hydrogen-bond acceptors (Lipinski definition) is 6. The van der Waals surface area contributed by atoms with Crippen LogP contribution in [0, 0.1) is 5.92 Å². The molecule has 8 nitrogen and oxygen atoms in total. The highest BCUT2D eigenvalue weighted by Gasteiger charge is 2.41. The van der Waals surface area contributed by atoms with Crippen molar-refractivity contribution in [3.8, 4) is 11.5 Å². The largest absolute Gasteiger partial charge is 0.481 e. The van der Waals surface area contributed by atoms with Crippen molar-refractivity contribution >= 4 is 32.8 Å². The maximum atomic E-state index is 14.8. The van der Waals surface area contributed by atoms with Crippen molar-refractivity contribution in [2.75, 3.05) is 36.8 Å². The Morgan fingerprint density at radius 3 is 2.47 bits per heavy atom. The number of sulfonamides is 1. The second-order valence-corrected chi connectivity index (χ2v) is 14.2. The van der Waals surface area contributed by atoms with Gasteiger partial charge in [0.1, 0.15) is 11.5 Å². The van der Waals surface area contributed by atoms with E-state index < -0.39 is 45.0 Å². The number of halogens is 3. The first-order chi connectivity index (χ1) is 20.2. The van der Waals surface area contributed by atoms with Gasteiger partial charge in [0, 0.05) is 60.3 Å². The lowest BCUT2D eigenvalue weighted by molar-refractivity contribution is -0.142. The summed E-state index contributed by atoms with van der Waals surface area (Å²) in [6.45, 7) is 7.32. The number of piperidine rings is 1. The number of carboxylic acids is 1. The van der Waals surface area contributed by atoms with Gasteiger partial charge < -0.3 is 14.7 Å². The van der Waals surface area contributed by atoms with Crippen LogP contribution in [0.5, 0.6) is 11.5 Å². The summed E-state index contributed by atoms with van der Waals surface area (Å²) in [5.74, 6) is -1.82. The average Bonchev–Trinajstić information content (AvgIpc) is 2.92. The standard InChI is InChI=1S/C31H34F3N3O5S/c1-4-36-9-5-6-19-12-22-27(15-25(19)36)42-26-14-24-21(13-23(26)28(22)31(32,33)34)20(16-30(2,3)35-24)17-43(40,41)37-10-7-18(8-11-37)29(38)39/h12-16,18H,4-11,17H2,1-3H3,(H,38,39). The Balaban J connectivity index is 1.47. The number of aryl methyl sites for hydroxylation is 1. The fourth-order valence-corrected chi connectivity index (χ4v) is 8.28. The van der Waals surface area contributed by atoms with Crippen LogP contribution in [0.15, 0.2) is 35.3 Å². The molecule has 0 unspecified atom stereocenters. The average molecular weight is 618 g/mol. The van der Waals surface area contributed by atoms with Crippen LogP contribution in [0.1, 0.15) is 56.7 Å². The first kappa shape index (κ1) is 29.7. The highest BCUT2D eigenvalue weighted by atomic mass is 32.2. The molecule has 1 saturated heterocycles. The van der Waals surface area contributed by atoms with E-state index in [-0.39, 0.29) is 48.2 Å². The van der Waals surface area contributed by atoms with Gasteiger partial charge in [0.15, 0.2) is 0 Å². The summed E-state index contributed by atoms with van der Waals surface area (Å²) in [5, 5.41) is 9.50. The van der Waals surface area contributed by atoms with E-state index in [0.29, 0.717) is 22.9 Å². The molecule has 4 heterocycles. The number of benzene rings is 2. The van der Waals surface area contributed by atoms with E-state index in [0.717, 1.165) is 30.8 Å². The first-order valence-electron chi connectivity index (χ1n) is 14.5. The quantitative estimate of drug-likeness (QED) is 0.539. The van der Waals surface area contributed by atoms with Crippen LogP contribution in [0.25, 0.3) is 11.1 Å². The minimum Gasteiger partial charge on any atom is -0.481 e. The predicted octanol–water partition coefficient (Wildman–Crippen LogP) is 4.25. The van der Waals surface area contributed by atoms with Gasteiger partial charge in [-0.1, -0.05) is 6.08 Å². The Bertz CT molecular complexity index is 1770. The Morgan fingerprint density at radius 1 is 1.09 bits per heavy atom. The van der Waals surface area contributed by atoms with Crippen molar-refractivity contribution in [3.63, 3.8) is 0 Å². The van der Waals surface area contributed by atoms with Crippen LogP contribution in [-0.4, -0.2) is 67.4 Å². The van der Waals surface area contributed by atoms with Crippen LogP contribution in [0.2, 0.25) is 0 Å². The monoisotopic (exact) mass is 617 g/mol. The van der Waals surface area contributed by atoms with E-state index in [1.165, 1.54) is 16.4 Å². The second kappa shape index (κ2) is 10.4. The van der Waals surface area contributed by atoms with Crippen molar-refractivity contribution in [3.05, 3.63) is 57.6 Å². The van der Waals surface area contributed by atoms with E-state index in [4.69, 9.17) is 9.73 Å². The molecule has 0 aromatic heterocycles. The Labute approximate surface area is 248 Å². The molecular formula is C31H34F3N3O5S. The van der Waals surface area contributed by atoms with Gasteiger partial charge in [-0.15, -0.1) is 0 Å². The van der Waals surface area contributed by atoms with Crippen molar-refractivity contribution in [2.45, 2.75) is 58.2 Å². The van der Waals surface area contributed by atoms with Crippen molar-refractivity contribution < 1.29 is 36.2 Å². The third-order valence-corrected chi connectivity index (χ3v) is 10.6. The van der Waals surface area contributed by atoms with Gasteiger partial charge in [-0.2, -0.15) is 13.2 Å². The topological polar surface area (TPSA) is 99.5 Å². The number of aliphatic carboxylic acids is 1. The Morgan fingerprint density at radius 2 is 1.81 bits per heavy atom. The summed E-state index contributed by atoms with van der Waals surface area (Å²) in [7, 11) is -3.89. The van der Waals surface area contributed by atoms with Crippen LogP contribution in [-0.2, 0) is 21.2 Å². The summed E-state index contributed by atoms with van der Waals surface area (Å²) in [6, 6.07) is 6.14. The van der Waals surface area contributed by atoms with Crippen LogP contribution < -0.4 is 20.2 Å². The molecule has 43 heavy (non-hydrogen) atoms. The summed E-state index contributed by atoms with van der Waals surface area (Å²) < 4.78 is 79.0. The predicted molar refractivity (Wildman–Crippen MR) is 156 cm³/mol. The number of nitrogens with zero attached hydrogens (tertiary/aromatic N) is 3. The highest BCUT2D eigenvalue weighted by molar-refractivity contribution is 7.89. The van der Waals surface area contributed by atoms with Gasteiger partial charge in [0.05, 0.1) is 28.1 Å². The van der Waals surface area contributed by atoms with Crippen LogP contribution in [0.3, 0.4) is 0 Å². The smallest absolute Gasteiger partial charge is 0.417 e. The molecule has 6 rings (SSSR count). The molecule has 4 aliphatic rings. The minimum absolute atomic E-state index is 0.0239. The highest BCUT2D eigenvalue weighted by Crippen LogP contribution is 2.45. The van der Waals surface area contributed by atoms with Gasteiger partial charge in [-0.3, -0.25) is 9.79 Å². The molecule has 12 heteroatoms. The molecule has 2 aromatic rings. The maximum Gasteiger partial charge on any atom is 0.417 e. The van der Waals surface area contributed by atoms with Gasteiger partial charge in [-0.05, 0) is 69.7 Å². The fraction of sp³-hybridized carbons (Fsp3) is 0.484. The van der Waals surface area contributed by atoms with E-state index in [1.54, 1.807) is 32.1 Å². The van der Waals surface area contributed by atoms with Crippen LogP contribution in [0.4, 0.5) is 18.9 Å². The number of alkyl halides is 3.